The van der Waals surface area contributed by atoms with Gasteiger partial charge in [0.05, 0.1) is 6.61 Å². The fourth-order valence-corrected chi connectivity index (χ4v) is 2.21. The third kappa shape index (κ3) is 5.84. The minimum absolute atomic E-state index is 0.265. The average Bonchev–Trinajstić information content (AvgIpc) is 2.59. The molecule has 4 N–H and O–H groups in total. The van der Waals surface area contributed by atoms with Crippen LogP contribution in [0.3, 0.4) is 0 Å². The first kappa shape index (κ1) is 18.3. The molecule has 0 fully saturated rings. The summed E-state index contributed by atoms with van der Waals surface area (Å²) in [6.07, 6.45) is -0.514. The molecule has 2 aromatic carbocycles. The van der Waals surface area contributed by atoms with Gasteiger partial charge in [-0.05, 0) is 29.7 Å². The van der Waals surface area contributed by atoms with E-state index in [1.807, 2.05) is 44.2 Å². The number of anilines is 2. The molecule has 25 heavy (non-hydrogen) atoms. The van der Waals surface area contributed by atoms with Gasteiger partial charge >= 0.3 is 6.09 Å². The number of primary amides is 1. The minimum Gasteiger partial charge on any atom is -0.449 e. The summed E-state index contributed by atoms with van der Waals surface area (Å²) in [4.78, 5) is 23.5. The lowest BCUT2D eigenvalue weighted by atomic mass is 10.1. The van der Waals surface area contributed by atoms with Gasteiger partial charge in [-0.1, -0.05) is 50.2 Å². The summed E-state index contributed by atoms with van der Waals surface area (Å²) in [5, 5.41) is 5.75. The summed E-state index contributed by atoms with van der Waals surface area (Å²) in [7, 11) is 0. The predicted octanol–water partition coefficient (Wildman–Crippen LogP) is 3.53. The number of ether oxygens (including phenoxy) is 1. The largest absolute Gasteiger partial charge is 0.449 e. The summed E-state index contributed by atoms with van der Waals surface area (Å²) < 4.78 is 5.09. The van der Waals surface area contributed by atoms with Crippen molar-refractivity contribution in [2.24, 2.45) is 11.7 Å². The second-order valence-corrected chi connectivity index (χ2v) is 6.09. The van der Waals surface area contributed by atoms with Crippen LogP contribution in [0.1, 0.15) is 25.5 Å². The zero-order chi connectivity index (χ0) is 18.2. The van der Waals surface area contributed by atoms with Crippen LogP contribution in [-0.4, -0.2) is 18.6 Å². The summed E-state index contributed by atoms with van der Waals surface area (Å²) in [6.45, 7) is 4.28. The van der Waals surface area contributed by atoms with Gasteiger partial charge in [-0.25, -0.2) is 4.79 Å². The van der Waals surface area contributed by atoms with Crippen LogP contribution < -0.4 is 16.4 Å². The molecule has 0 bridgehead atoms. The molecule has 0 radical (unpaired) electrons. The quantitative estimate of drug-likeness (QED) is 0.718. The number of hydrogen-bond donors (Lipinski definition) is 3. The van der Waals surface area contributed by atoms with E-state index in [1.54, 1.807) is 24.3 Å². The first-order valence-electron chi connectivity index (χ1n) is 8.10. The highest BCUT2D eigenvalue weighted by molar-refractivity contribution is 5.87. The third-order valence-electron chi connectivity index (χ3n) is 3.39. The Morgan fingerprint density at radius 1 is 1.04 bits per heavy atom. The van der Waals surface area contributed by atoms with E-state index in [4.69, 9.17) is 10.5 Å². The highest BCUT2D eigenvalue weighted by Gasteiger charge is 2.17. The number of carbonyl (C=O) groups is 2. The molecule has 0 spiro atoms. The first-order chi connectivity index (χ1) is 12.0. The number of benzene rings is 2. The van der Waals surface area contributed by atoms with Crippen molar-refractivity contribution in [2.75, 3.05) is 17.2 Å². The number of amides is 2. The predicted molar refractivity (Wildman–Crippen MR) is 98.3 cm³/mol. The molecule has 0 aliphatic heterocycles. The molecule has 0 aliphatic rings. The molecule has 6 nitrogen and oxygen atoms in total. The summed E-state index contributed by atoms with van der Waals surface area (Å²) in [5.74, 6) is -0.221. The summed E-state index contributed by atoms with van der Waals surface area (Å²) in [5.41, 5.74) is 7.51. The van der Waals surface area contributed by atoms with Crippen LogP contribution in [0.25, 0.3) is 0 Å². The van der Waals surface area contributed by atoms with Crippen LogP contribution in [0.2, 0.25) is 0 Å². The molecule has 1 atom stereocenters. The van der Waals surface area contributed by atoms with E-state index >= 15 is 0 Å². The van der Waals surface area contributed by atoms with Gasteiger partial charge in [-0.3, -0.25) is 10.1 Å². The molecule has 2 amide bonds. The van der Waals surface area contributed by atoms with Gasteiger partial charge in [0.2, 0.25) is 5.91 Å². The topological polar surface area (TPSA) is 93.4 Å². The van der Waals surface area contributed by atoms with Crippen molar-refractivity contribution in [1.82, 2.24) is 0 Å². The number of nitrogens with two attached hydrogens (primary N) is 1. The Hall–Kier alpha value is -3.02. The molecule has 2 rings (SSSR count). The van der Waals surface area contributed by atoms with E-state index in [9.17, 15) is 9.59 Å². The normalized spacial score (nSPS) is 11.6. The lowest BCUT2D eigenvalue weighted by Gasteiger charge is -2.18. The number of carbonyl (C=O) groups excluding carboxylic acids is 2. The van der Waals surface area contributed by atoms with Gasteiger partial charge in [-0.15, -0.1) is 0 Å². The molecule has 0 heterocycles. The highest BCUT2D eigenvalue weighted by Crippen LogP contribution is 2.22. The van der Waals surface area contributed by atoms with E-state index in [1.165, 1.54) is 0 Å². The zero-order valence-electron chi connectivity index (χ0n) is 14.4. The molecule has 0 saturated carbocycles. The van der Waals surface area contributed by atoms with Crippen LogP contribution in [-0.2, 0) is 9.53 Å². The van der Waals surface area contributed by atoms with E-state index in [2.05, 4.69) is 10.6 Å². The Balaban J connectivity index is 2.07. The Bertz CT molecular complexity index is 717. The molecule has 1 unspecified atom stereocenters. The van der Waals surface area contributed by atoms with Crippen LogP contribution in [0.4, 0.5) is 16.2 Å². The Morgan fingerprint density at radius 3 is 2.36 bits per heavy atom. The van der Waals surface area contributed by atoms with Gasteiger partial charge < -0.3 is 15.8 Å². The maximum Gasteiger partial charge on any atom is 0.411 e. The molecule has 6 heteroatoms. The van der Waals surface area contributed by atoms with Crippen LogP contribution in [0, 0.1) is 5.92 Å². The monoisotopic (exact) mass is 341 g/mol. The highest BCUT2D eigenvalue weighted by atomic mass is 16.5. The second kappa shape index (κ2) is 8.73. The van der Waals surface area contributed by atoms with Crippen molar-refractivity contribution in [3.63, 3.8) is 0 Å². The first-order valence-corrected chi connectivity index (χ1v) is 8.10. The van der Waals surface area contributed by atoms with Crippen LogP contribution >= 0.6 is 0 Å². The van der Waals surface area contributed by atoms with Gasteiger partial charge in [0.1, 0.15) is 6.04 Å². The fourth-order valence-electron chi connectivity index (χ4n) is 2.21. The number of hydrogen-bond acceptors (Lipinski definition) is 4. The fraction of sp³-hybridized carbons (Fsp3) is 0.263. The van der Waals surface area contributed by atoms with Crippen molar-refractivity contribution in [3.05, 3.63) is 60.2 Å². The Kier molecular flexibility index (Phi) is 6.39. The smallest absolute Gasteiger partial charge is 0.411 e. The van der Waals surface area contributed by atoms with E-state index in [0.29, 0.717) is 18.0 Å². The second-order valence-electron chi connectivity index (χ2n) is 6.09. The summed E-state index contributed by atoms with van der Waals surface area (Å²) >= 11 is 0. The molecule has 0 saturated heterocycles. The lowest BCUT2D eigenvalue weighted by Crippen LogP contribution is -2.27. The van der Waals surface area contributed by atoms with Gasteiger partial charge in [-0.2, -0.15) is 0 Å². The number of rotatable bonds is 7. The molecule has 0 aliphatic carbocycles. The maximum atomic E-state index is 11.8. The van der Waals surface area contributed by atoms with Crippen molar-refractivity contribution < 1.29 is 14.3 Å². The molecule has 2 aromatic rings. The van der Waals surface area contributed by atoms with Crippen molar-refractivity contribution >= 4 is 23.4 Å². The SMILES string of the molecule is CC(C)COC(=O)Nc1cccc(NC(C(N)=O)c2ccccc2)c1. The molecular formula is C19H23N3O3. The summed E-state index contributed by atoms with van der Waals surface area (Å²) in [6, 6.07) is 15.6. The molecule has 0 aromatic heterocycles. The van der Waals surface area contributed by atoms with Crippen molar-refractivity contribution in [3.8, 4) is 0 Å². The Morgan fingerprint density at radius 2 is 1.72 bits per heavy atom. The minimum atomic E-state index is -0.663. The number of nitrogens with one attached hydrogen (secondary N) is 2. The third-order valence-corrected chi connectivity index (χ3v) is 3.39. The van der Waals surface area contributed by atoms with Crippen LogP contribution in [0.15, 0.2) is 54.6 Å². The average molecular weight is 341 g/mol. The molecular weight excluding hydrogens is 318 g/mol. The van der Waals surface area contributed by atoms with Gasteiger partial charge in [0, 0.05) is 11.4 Å². The van der Waals surface area contributed by atoms with Gasteiger partial charge in [0.15, 0.2) is 0 Å². The van der Waals surface area contributed by atoms with Crippen LogP contribution in [0.5, 0.6) is 0 Å². The maximum absolute atomic E-state index is 11.8. The van der Waals surface area contributed by atoms with Crippen molar-refractivity contribution in [2.45, 2.75) is 19.9 Å². The zero-order valence-corrected chi connectivity index (χ0v) is 14.4. The van der Waals surface area contributed by atoms with E-state index < -0.39 is 18.0 Å². The standard InChI is InChI=1S/C19H23N3O3/c1-13(2)12-25-19(24)22-16-10-6-9-15(11-16)21-17(18(20)23)14-7-4-3-5-8-14/h3-11,13,17,21H,12H2,1-2H3,(H2,20,23)(H,22,24). The van der Waals surface area contributed by atoms with Crippen molar-refractivity contribution in [1.29, 1.82) is 0 Å². The van der Waals surface area contributed by atoms with E-state index in [0.717, 1.165) is 5.56 Å². The van der Waals surface area contributed by atoms with Gasteiger partial charge in [0.25, 0.3) is 0 Å². The Labute approximate surface area is 147 Å². The lowest BCUT2D eigenvalue weighted by molar-refractivity contribution is -0.118. The molecule has 132 valence electrons. The van der Waals surface area contributed by atoms with E-state index in [-0.39, 0.29) is 5.92 Å².